The number of allylic oxidation sites excluding steroid dienone is 22. The van der Waals surface area contributed by atoms with E-state index in [1.54, 1.807) is 0 Å². The van der Waals surface area contributed by atoms with Crippen molar-refractivity contribution >= 4 is 13.8 Å². The van der Waals surface area contributed by atoms with Crippen molar-refractivity contribution in [1.82, 2.24) is 0 Å². The van der Waals surface area contributed by atoms with Crippen LogP contribution in [-0.4, -0.2) is 98.9 Å². The van der Waals surface area contributed by atoms with Crippen LogP contribution >= 0.6 is 7.82 Å². The molecule has 0 aliphatic heterocycles. The maximum absolute atomic E-state index is 12.8. The Morgan fingerprint density at radius 3 is 1.26 bits per heavy atom. The predicted molar refractivity (Wildman–Crippen MR) is 266 cm³/mol. The first kappa shape index (κ1) is 60.5. The fourth-order valence-electron chi connectivity index (χ4n) is 6.27. The van der Waals surface area contributed by atoms with Gasteiger partial charge in [0.2, 0.25) is 0 Å². The number of carbonyl (C=O) groups excluding carboxylic acids is 1. The minimum atomic E-state index is -5.06. The number of ether oxygens (including phenoxy) is 2. The number of aliphatic hydroxyl groups excluding tert-OH is 5. The van der Waals surface area contributed by atoms with E-state index in [2.05, 4.69) is 135 Å². The highest BCUT2D eigenvalue weighted by Crippen LogP contribution is 2.47. The summed E-state index contributed by atoms with van der Waals surface area (Å²) >= 11 is 0. The lowest BCUT2D eigenvalue weighted by molar-refractivity contribution is -0.220. The molecule has 1 fully saturated rings. The van der Waals surface area contributed by atoms with E-state index in [4.69, 9.17) is 18.5 Å². The molecule has 0 heterocycles. The summed E-state index contributed by atoms with van der Waals surface area (Å²) in [6.45, 7) is 3.86. The Morgan fingerprint density at radius 1 is 0.485 bits per heavy atom. The summed E-state index contributed by atoms with van der Waals surface area (Å²) in [6, 6.07) is 0. The van der Waals surface area contributed by atoms with Crippen molar-refractivity contribution in [2.24, 2.45) is 0 Å². The molecular formula is C53H83O12P. The third kappa shape index (κ3) is 33.0. The maximum atomic E-state index is 12.8. The second kappa shape index (κ2) is 41.7. The molecule has 0 amide bonds. The minimum Gasteiger partial charge on any atom is -0.457 e. The molecule has 0 aromatic heterocycles. The molecular weight excluding hydrogens is 860 g/mol. The number of carbonyl (C=O) groups is 1. The molecule has 372 valence electrons. The van der Waals surface area contributed by atoms with Crippen LogP contribution in [0.5, 0.6) is 0 Å². The molecule has 6 unspecified atom stereocenters. The van der Waals surface area contributed by atoms with E-state index in [1.807, 2.05) is 12.2 Å². The van der Waals surface area contributed by atoms with Crippen LogP contribution in [0, 0.1) is 0 Å². The fourth-order valence-corrected chi connectivity index (χ4v) is 7.25. The van der Waals surface area contributed by atoms with Crippen molar-refractivity contribution in [3.05, 3.63) is 134 Å². The first-order valence-corrected chi connectivity index (χ1v) is 25.5. The zero-order chi connectivity index (χ0) is 48.4. The zero-order valence-corrected chi connectivity index (χ0v) is 40.6. The van der Waals surface area contributed by atoms with Gasteiger partial charge in [0.1, 0.15) is 42.7 Å². The molecule has 1 aliphatic rings. The number of aliphatic hydroxyl groups is 5. The summed E-state index contributed by atoms with van der Waals surface area (Å²) in [4.78, 5) is 23.2. The summed E-state index contributed by atoms with van der Waals surface area (Å²) in [5.41, 5.74) is 0. The Balaban J connectivity index is 2.46. The molecule has 6 N–H and O–H groups in total. The lowest BCUT2D eigenvalue weighted by atomic mass is 9.85. The molecule has 13 heteroatoms. The second-order valence-electron chi connectivity index (χ2n) is 15.8. The van der Waals surface area contributed by atoms with Gasteiger partial charge in [-0.2, -0.15) is 0 Å². The minimum absolute atomic E-state index is 0.0885. The van der Waals surface area contributed by atoms with Gasteiger partial charge in [-0.3, -0.25) is 13.8 Å². The summed E-state index contributed by atoms with van der Waals surface area (Å²) in [7, 11) is -5.06. The van der Waals surface area contributed by atoms with Crippen LogP contribution in [0.25, 0.3) is 0 Å². The maximum Gasteiger partial charge on any atom is 0.472 e. The number of hydrogen-bond donors (Lipinski definition) is 6. The standard InChI is InChI=1S/C53H83O12P/c1-3-5-7-9-11-13-15-17-19-21-22-23-24-25-27-29-31-33-35-37-39-41-43-62-44-46(45-63-66(60,61)65-53-51(58)49(56)48(55)50(57)52(53)59)64-47(54)42-40-38-36-34-32-30-28-26-20-18-16-14-12-10-8-6-4-2/h5-8,11-14,17-20,22-23,25,27-28,30-31,33-34,36,46,48-53,55-59H,3-4,9-10,15-16,21,24,26,29,32,35,37-45H2,1-2H3,(H,60,61)/b7-5-,8-6-,13-11-,14-12-,19-17-,20-18-,23-22-,27-25-,30-28-,33-31-,36-34-. The van der Waals surface area contributed by atoms with E-state index in [9.17, 15) is 39.8 Å². The van der Waals surface area contributed by atoms with E-state index in [0.717, 1.165) is 96.3 Å². The number of phosphoric acid groups is 1. The Bertz CT molecular complexity index is 1590. The van der Waals surface area contributed by atoms with Gasteiger partial charge in [0.05, 0.1) is 13.2 Å². The summed E-state index contributed by atoms with van der Waals surface area (Å²) in [5.74, 6) is -0.553. The largest absolute Gasteiger partial charge is 0.472 e. The van der Waals surface area contributed by atoms with Gasteiger partial charge < -0.3 is 39.9 Å². The van der Waals surface area contributed by atoms with Crippen molar-refractivity contribution in [2.75, 3.05) is 19.8 Å². The number of unbranched alkanes of at least 4 members (excludes halogenated alkanes) is 4. The number of rotatable bonds is 38. The SMILES string of the molecule is CC/C=C\C/C=C\C/C=C\C/C=C\C/C=C\C/C=C\CCCCCOCC(COP(=O)(O)OC1C(O)C(O)C(O)C(O)C1O)OC(=O)CCC/C=C\C/C=C\C/C=C\C/C=C\C/C=C\CC. The third-order valence-electron chi connectivity index (χ3n) is 10.0. The van der Waals surface area contributed by atoms with Crippen LogP contribution < -0.4 is 0 Å². The van der Waals surface area contributed by atoms with Gasteiger partial charge in [0.15, 0.2) is 0 Å². The monoisotopic (exact) mass is 943 g/mol. The Labute approximate surface area is 396 Å². The fraction of sp³-hybridized carbons (Fsp3) is 0.566. The topological polar surface area (TPSA) is 192 Å². The molecule has 1 aliphatic carbocycles. The number of hydrogen-bond acceptors (Lipinski definition) is 11. The Kier molecular flexibility index (Phi) is 38.2. The number of esters is 1. The molecule has 66 heavy (non-hydrogen) atoms. The summed E-state index contributed by atoms with van der Waals surface area (Å²) < 4.78 is 34.1. The quantitative estimate of drug-likeness (QED) is 0.0149. The molecule has 0 saturated heterocycles. The van der Waals surface area contributed by atoms with Gasteiger partial charge in [0.25, 0.3) is 0 Å². The first-order chi connectivity index (χ1) is 32.0. The van der Waals surface area contributed by atoms with E-state index < -0.39 is 63.1 Å². The van der Waals surface area contributed by atoms with E-state index >= 15 is 0 Å². The van der Waals surface area contributed by atoms with Crippen molar-refractivity contribution < 1.29 is 58.3 Å². The molecule has 1 rings (SSSR count). The van der Waals surface area contributed by atoms with Gasteiger partial charge >= 0.3 is 13.8 Å². The van der Waals surface area contributed by atoms with Gasteiger partial charge in [-0.05, 0) is 103 Å². The molecule has 0 bridgehead atoms. The molecule has 12 nitrogen and oxygen atoms in total. The lowest BCUT2D eigenvalue weighted by Gasteiger charge is -2.41. The highest BCUT2D eigenvalue weighted by molar-refractivity contribution is 7.47. The third-order valence-corrected chi connectivity index (χ3v) is 11.0. The van der Waals surface area contributed by atoms with Crippen LogP contribution in [0.3, 0.4) is 0 Å². The molecule has 6 atom stereocenters. The van der Waals surface area contributed by atoms with Crippen molar-refractivity contribution in [1.29, 1.82) is 0 Å². The van der Waals surface area contributed by atoms with Crippen molar-refractivity contribution in [3.8, 4) is 0 Å². The van der Waals surface area contributed by atoms with Gasteiger partial charge in [-0.25, -0.2) is 4.57 Å². The van der Waals surface area contributed by atoms with Crippen molar-refractivity contribution in [2.45, 2.75) is 172 Å². The average molecular weight is 943 g/mol. The smallest absolute Gasteiger partial charge is 0.457 e. The van der Waals surface area contributed by atoms with Gasteiger partial charge in [0, 0.05) is 13.0 Å². The van der Waals surface area contributed by atoms with E-state index in [-0.39, 0.29) is 13.0 Å². The van der Waals surface area contributed by atoms with E-state index in [0.29, 0.717) is 19.4 Å². The van der Waals surface area contributed by atoms with Crippen LogP contribution in [0.2, 0.25) is 0 Å². The predicted octanol–water partition coefficient (Wildman–Crippen LogP) is 10.4. The molecule has 0 aromatic rings. The molecule has 1 saturated carbocycles. The highest BCUT2D eigenvalue weighted by Gasteiger charge is 2.51. The number of phosphoric ester groups is 1. The highest BCUT2D eigenvalue weighted by atomic mass is 31.2. The van der Waals surface area contributed by atoms with Crippen LogP contribution in [0.4, 0.5) is 0 Å². The molecule has 0 radical (unpaired) electrons. The van der Waals surface area contributed by atoms with Crippen molar-refractivity contribution in [3.63, 3.8) is 0 Å². The zero-order valence-electron chi connectivity index (χ0n) is 39.7. The van der Waals surface area contributed by atoms with Crippen LogP contribution in [0.15, 0.2) is 134 Å². The van der Waals surface area contributed by atoms with Crippen LogP contribution in [-0.2, 0) is 27.9 Å². The summed E-state index contributed by atoms with van der Waals surface area (Å²) in [5, 5.41) is 50.2. The Morgan fingerprint density at radius 2 is 0.848 bits per heavy atom. The summed E-state index contributed by atoms with van der Waals surface area (Å²) in [6.07, 6.45) is 49.5. The average Bonchev–Trinajstić information content (AvgIpc) is 3.30. The first-order valence-electron chi connectivity index (χ1n) is 24.0. The van der Waals surface area contributed by atoms with E-state index in [1.165, 1.54) is 0 Å². The normalized spacial score (nSPS) is 22.6. The molecule has 0 aromatic carbocycles. The second-order valence-corrected chi connectivity index (χ2v) is 17.2. The van der Waals surface area contributed by atoms with Crippen LogP contribution in [0.1, 0.15) is 129 Å². The van der Waals surface area contributed by atoms with Gasteiger partial charge in [-0.15, -0.1) is 0 Å². The molecule has 0 spiro atoms. The van der Waals surface area contributed by atoms with Gasteiger partial charge in [-0.1, -0.05) is 154 Å². The Hall–Kier alpha value is -3.52. The lowest BCUT2D eigenvalue weighted by Crippen LogP contribution is -2.64.